The summed E-state index contributed by atoms with van der Waals surface area (Å²) in [5, 5.41) is 17.3. The maximum atomic E-state index is 14.9. The molecule has 2 unspecified atom stereocenters. The van der Waals surface area contributed by atoms with Crippen molar-refractivity contribution < 1.29 is 41.7 Å². The Balaban J connectivity index is 1.43. The zero-order chi connectivity index (χ0) is 33.2. The van der Waals surface area contributed by atoms with Crippen LogP contribution in [0.4, 0.5) is 17.6 Å². The molecular weight excluding hydrogens is 614 g/mol. The molecule has 10 nitrogen and oxygen atoms in total. The number of amides is 2. The van der Waals surface area contributed by atoms with Gasteiger partial charge >= 0.3 is 6.18 Å². The maximum Gasteiger partial charge on any atom is 0.417 e. The Kier molecular flexibility index (Phi) is 10.6. The molecule has 2 N–H and O–H groups in total. The number of methoxy groups -OCH3 is 1. The van der Waals surface area contributed by atoms with E-state index in [1.165, 1.54) is 23.9 Å². The van der Waals surface area contributed by atoms with E-state index in [1.54, 1.807) is 4.90 Å². The van der Waals surface area contributed by atoms with Gasteiger partial charge in [0.15, 0.2) is 17.1 Å². The number of pyridine rings is 1. The molecule has 45 heavy (non-hydrogen) atoms. The summed E-state index contributed by atoms with van der Waals surface area (Å²) in [6.45, 7) is 9.29. The highest BCUT2D eigenvalue weighted by molar-refractivity contribution is 6.76. The molecule has 0 bridgehead atoms. The SMILES string of the molecule is COc1cc(-c2cc(C(=O)N3CCC(C(=O)NC4CCC(O)(C(F)(F)F)CC4)CC3C)nn2COCC[Si](C)(C)C)c(F)cn1. The summed E-state index contributed by atoms with van der Waals surface area (Å²) in [5.41, 5.74) is -2.13. The number of nitrogens with one attached hydrogen (secondary N) is 1. The highest BCUT2D eigenvalue weighted by Crippen LogP contribution is 2.41. The molecule has 250 valence electrons. The molecule has 0 spiro atoms. The van der Waals surface area contributed by atoms with Crippen molar-refractivity contribution in [1.29, 1.82) is 0 Å². The van der Waals surface area contributed by atoms with E-state index < -0.39 is 50.5 Å². The van der Waals surface area contributed by atoms with E-state index in [-0.39, 0.29) is 61.1 Å². The first-order chi connectivity index (χ1) is 21.0. The van der Waals surface area contributed by atoms with Gasteiger partial charge in [0, 0.05) is 50.9 Å². The van der Waals surface area contributed by atoms with Crippen molar-refractivity contribution in [3.8, 4) is 17.1 Å². The lowest BCUT2D eigenvalue weighted by atomic mass is 9.81. The van der Waals surface area contributed by atoms with Crippen LogP contribution in [-0.2, 0) is 16.3 Å². The zero-order valence-electron chi connectivity index (χ0n) is 26.4. The Morgan fingerprint density at radius 1 is 1.18 bits per heavy atom. The van der Waals surface area contributed by atoms with Crippen LogP contribution in [0.25, 0.3) is 11.3 Å². The van der Waals surface area contributed by atoms with Gasteiger partial charge in [0.05, 0.1) is 19.0 Å². The van der Waals surface area contributed by atoms with Crippen LogP contribution >= 0.6 is 0 Å². The number of nitrogens with zero attached hydrogens (tertiary/aromatic N) is 4. The number of aromatic nitrogens is 3. The second kappa shape index (κ2) is 13.8. The lowest BCUT2D eigenvalue weighted by molar-refractivity contribution is -0.270. The number of carbonyl (C=O) groups excluding carboxylic acids is 2. The first-order valence-corrected chi connectivity index (χ1v) is 19.0. The van der Waals surface area contributed by atoms with Crippen molar-refractivity contribution in [2.75, 3.05) is 20.3 Å². The van der Waals surface area contributed by atoms with E-state index in [9.17, 15) is 32.3 Å². The summed E-state index contributed by atoms with van der Waals surface area (Å²) >= 11 is 0. The number of aliphatic hydroxyl groups is 1. The molecule has 15 heteroatoms. The Morgan fingerprint density at radius 2 is 1.87 bits per heavy atom. The van der Waals surface area contributed by atoms with E-state index in [4.69, 9.17) is 9.47 Å². The van der Waals surface area contributed by atoms with Crippen molar-refractivity contribution >= 4 is 19.9 Å². The number of carbonyl (C=O) groups is 2. The predicted molar refractivity (Wildman–Crippen MR) is 161 cm³/mol. The molecule has 2 atom stereocenters. The summed E-state index contributed by atoms with van der Waals surface area (Å²) in [4.78, 5) is 32.2. The monoisotopic (exact) mass is 657 g/mol. The topological polar surface area (TPSA) is 119 Å². The first-order valence-electron chi connectivity index (χ1n) is 15.3. The molecule has 0 radical (unpaired) electrons. The molecule has 2 aromatic heterocycles. The Bertz CT molecular complexity index is 1360. The molecule has 2 amide bonds. The van der Waals surface area contributed by atoms with Crippen LogP contribution in [-0.4, -0.2) is 88.8 Å². The molecule has 4 rings (SSSR count). The van der Waals surface area contributed by atoms with Gasteiger partial charge in [-0.2, -0.15) is 18.3 Å². The van der Waals surface area contributed by atoms with Crippen molar-refractivity contribution in [2.45, 2.75) is 102 Å². The van der Waals surface area contributed by atoms with Gasteiger partial charge in [-0.1, -0.05) is 19.6 Å². The third kappa shape index (κ3) is 8.41. The minimum absolute atomic E-state index is 0.0104. The molecule has 3 heterocycles. The number of halogens is 4. The number of hydrogen-bond donors (Lipinski definition) is 2. The second-order valence-electron chi connectivity index (χ2n) is 13.3. The minimum atomic E-state index is -4.70. The van der Waals surface area contributed by atoms with Crippen molar-refractivity contribution in [1.82, 2.24) is 25.0 Å². The Morgan fingerprint density at radius 3 is 2.47 bits per heavy atom. The zero-order valence-corrected chi connectivity index (χ0v) is 27.4. The van der Waals surface area contributed by atoms with Crippen LogP contribution < -0.4 is 10.1 Å². The van der Waals surface area contributed by atoms with E-state index in [2.05, 4.69) is 35.0 Å². The number of ether oxygens (including phenoxy) is 2. The van der Waals surface area contributed by atoms with Gasteiger partial charge in [-0.3, -0.25) is 9.59 Å². The molecule has 2 aromatic rings. The third-order valence-electron chi connectivity index (χ3n) is 8.72. The van der Waals surface area contributed by atoms with Crippen molar-refractivity contribution in [3.63, 3.8) is 0 Å². The summed E-state index contributed by atoms with van der Waals surface area (Å²) in [6.07, 6.45) is -3.78. The van der Waals surface area contributed by atoms with Crippen LogP contribution in [0.3, 0.4) is 0 Å². The van der Waals surface area contributed by atoms with Gasteiger partial charge in [-0.05, 0) is 57.6 Å². The Hall–Kier alpha value is -3.04. The van der Waals surface area contributed by atoms with E-state index in [1.807, 2.05) is 6.92 Å². The molecular formula is C30H43F4N5O5Si. The van der Waals surface area contributed by atoms with E-state index >= 15 is 0 Å². The molecule has 2 fully saturated rings. The van der Waals surface area contributed by atoms with Gasteiger partial charge in [0.2, 0.25) is 11.8 Å². The van der Waals surface area contributed by atoms with Crippen molar-refractivity contribution in [3.05, 3.63) is 29.8 Å². The maximum absolute atomic E-state index is 14.9. The number of piperidine rings is 1. The van der Waals surface area contributed by atoms with Gasteiger partial charge in [0.1, 0.15) is 6.73 Å². The fraction of sp³-hybridized carbons (Fsp3) is 0.667. The Labute approximate surface area is 261 Å². The summed E-state index contributed by atoms with van der Waals surface area (Å²) in [5.74, 6) is -1.47. The highest BCUT2D eigenvalue weighted by atomic mass is 28.3. The standard InChI is InChI=1S/C30H43F4N5O5Si/c1-19-14-20(27(40)36-21-6-9-29(42,10-7-21)30(32,33)34)8-11-38(19)28(41)24-16-25(22-15-26(43-2)35-17-23(22)31)39(37-24)18-44-12-13-45(3,4)5/h15-17,19-21,42H,6-14,18H2,1-5H3,(H,36,40). The van der Waals surface area contributed by atoms with Crippen molar-refractivity contribution in [2.24, 2.45) is 5.92 Å². The minimum Gasteiger partial charge on any atom is -0.481 e. The van der Waals surface area contributed by atoms with Gasteiger partial charge < -0.3 is 24.8 Å². The lowest BCUT2D eigenvalue weighted by Crippen LogP contribution is -2.53. The smallest absolute Gasteiger partial charge is 0.417 e. The normalized spacial score (nSPS) is 24.4. The number of hydrogen-bond acceptors (Lipinski definition) is 7. The average molecular weight is 658 g/mol. The average Bonchev–Trinajstić information content (AvgIpc) is 3.39. The van der Waals surface area contributed by atoms with Crippen LogP contribution in [0.15, 0.2) is 18.3 Å². The van der Waals surface area contributed by atoms with Gasteiger partial charge in [0.25, 0.3) is 5.91 Å². The van der Waals surface area contributed by atoms with E-state index in [0.717, 1.165) is 12.2 Å². The van der Waals surface area contributed by atoms with Gasteiger partial charge in [-0.25, -0.2) is 14.1 Å². The van der Waals surface area contributed by atoms with Crippen LogP contribution in [0.1, 0.15) is 55.9 Å². The lowest BCUT2D eigenvalue weighted by Gasteiger charge is -2.39. The highest BCUT2D eigenvalue weighted by Gasteiger charge is 2.54. The predicted octanol–water partition coefficient (Wildman–Crippen LogP) is 5.00. The number of likely N-dealkylation sites (tertiary alicyclic amines) is 1. The van der Waals surface area contributed by atoms with Crippen LogP contribution in [0.2, 0.25) is 25.7 Å². The fourth-order valence-electron chi connectivity index (χ4n) is 5.79. The molecule has 1 saturated heterocycles. The summed E-state index contributed by atoms with van der Waals surface area (Å²) in [6, 6.07) is 3.09. The van der Waals surface area contributed by atoms with Crippen LogP contribution in [0, 0.1) is 11.7 Å². The largest absolute Gasteiger partial charge is 0.481 e. The number of alkyl halides is 3. The molecule has 1 aliphatic carbocycles. The summed E-state index contributed by atoms with van der Waals surface area (Å²) < 4.78 is 66.8. The quantitative estimate of drug-likeness (QED) is 0.210. The van der Waals surface area contributed by atoms with E-state index in [0.29, 0.717) is 25.1 Å². The second-order valence-corrected chi connectivity index (χ2v) is 19.0. The molecule has 2 aliphatic rings. The molecule has 0 aromatic carbocycles. The molecule has 1 saturated carbocycles. The van der Waals surface area contributed by atoms with Crippen LogP contribution in [0.5, 0.6) is 5.88 Å². The third-order valence-corrected chi connectivity index (χ3v) is 10.4. The van der Waals surface area contributed by atoms with Gasteiger partial charge in [-0.15, -0.1) is 0 Å². The summed E-state index contributed by atoms with van der Waals surface area (Å²) in [7, 11) is 0.0638. The fourth-order valence-corrected chi connectivity index (χ4v) is 6.55. The first kappa shape index (κ1) is 34.8. The molecule has 1 aliphatic heterocycles. The number of rotatable bonds is 10.